The maximum absolute atomic E-state index is 11.2. The van der Waals surface area contributed by atoms with Crippen LogP contribution in [0, 0.1) is 13.8 Å². The van der Waals surface area contributed by atoms with Crippen molar-refractivity contribution in [3.63, 3.8) is 0 Å². The Kier molecular flexibility index (Phi) is 1.94. The average Bonchev–Trinajstić information content (AvgIpc) is 2.30. The molecule has 0 aliphatic heterocycles. The number of H-pyrrole nitrogens is 1. The summed E-state index contributed by atoms with van der Waals surface area (Å²) in [5.41, 5.74) is 2.64. The van der Waals surface area contributed by atoms with E-state index in [2.05, 4.69) is 11.6 Å². The van der Waals surface area contributed by atoms with E-state index in [0.29, 0.717) is 0 Å². The molecule has 1 N–H and O–H groups in total. The van der Waals surface area contributed by atoms with E-state index in [1.807, 2.05) is 20.0 Å². The van der Waals surface area contributed by atoms with Crippen LogP contribution >= 0.6 is 0 Å². The lowest BCUT2D eigenvalue weighted by molar-refractivity contribution is 0.104. The van der Waals surface area contributed by atoms with Gasteiger partial charge in [-0.1, -0.05) is 6.58 Å². The quantitative estimate of drug-likeness (QED) is 0.506. The number of ketones is 1. The minimum atomic E-state index is -0.0127. The second-order valence-electron chi connectivity index (χ2n) is 2.54. The molecule has 2 nitrogen and oxygen atoms in total. The molecule has 0 spiro atoms. The zero-order valence-corrected chi connectivity index (χ0v) is 6.77. The van der Waals surface area contributed by atoms with Gasteiger partial charge in [-0.2, -0.15) is 0 Å². The number of aryl methyl sites for hydroxylation is 2. The Hall–Kier alpha value is -1.31. The van der Waals surface area contributed by atoms with Crippen molar-refractivity contribution in [3.8, 4) is 0 Å². The molecule has 0 aliphatic rings. The van der Waals surface area contributed by atoms with Gasteiger partial charge in [-0.05, 0) is 25.5 Å². The number of allylic oxidation sites excluding steroid dienone is 1. The molecule has 0 saturated carbocycles. The van der Waals surface area contributed by atoms with Gasteiger partial charge in [-0.15, -0.1) is 0 Å². The lowest BCUT2D eigenvalue weighted by Gasteiger charge is -1.94. The van der Waals surface area contributed by atoms with Crippen LogP contribution < -0.4 is 0 Å². The number of hydrogen-bond donors (Lipinski definition) is 1. The first-order valence-corrected chi connectivity index (χ1v) is 3.48. The Labute approximate surface area is 65.9 Å². The molecule has 1 heterocycles. The maximum Gasteiger partial charge on any atom is 0.187 e. The standard InChI is InChI=1S/C9H11NO/c1-4-8(11)9-6(2)5-10-7(9)3/h4-5,10H,1H2,2-3H3. The Morgan fingerprint density at radius 1 is 1.64 bits per heavy atom. The van der Waals surface area contributed by atoms with Gasteiger partial charge in [0.05, 0.1) is 0 Å². The van der Waals surface area contributed by atoms with Crippen LogP contribution in [-0.2, 0) is 0 Å². The highest BCUT2D eigenvalue weighted by Gasteiger charge is 2.09. The number of aromatic amines is 1. The SMILES string of the molecule is C=CC(=O)c1c(C)c[nH]c1C. The maximum atomic E-state index is 11.2. The lowest BCUT2D eigenvalue weighted by atomic mass is 10.1. The van der Waals surface area contributed by atoms with Gasteiger partial charge in [0.1, 0.15) is 0 Å². The molecule has 1 aromatic heterocycles. The molecule has 1 aromatic rings. The first-order valence-electron chi connectivity index (χ1n) is 3.48. The molecular weight excluding hydrogens is 138 g/mol. The van der Waals surface area contributed by atoms with Crippen LogP contribution in [0.4, 0.5) is 0 Å². The van der Waals surface area contributed by atoms with Crippen molar-refractivity contribution in [2.75, 3.05) is 0 Å². The predicted octanol–water partition coefficient (Wildman–Crippen LogP) is 2.00. The molecule has 0 saturated heterocycles. The molecule has 0 aromatic carbocycles. The monoisotopic (exact) mass is 149 g/mol. The highest BCUT2D eigenvalue weighted by molar-refractivity contribution is 6.06. The number of carbonyl (C=O) groups excluding carboxylic acids is 1. The number of carbonyl (C=O) groups is 1. The summed E-state index contributed by atoms with van der Waals surface area (Å²) in [5, 5.41) is 0. The Morgan fingerprint density at radius 2 is 2.27 bits per heavy atom. The molecule has 0 aliphatic carbocycles. The number of aromatic nitrogens is 1. The third kappa shape index (κ3) is 1.24. The Morgan fingerprint density at radius 3 is 2.64 bits per heavy atom. The summed E-state index contributed by atoms with van der Waals surface area (Å²) in [5.74, 6) is -0.0127. The second kappa shape index (κ2) is 2.74. The van der Waals surface area contributed by atoms with E-state index in [4.69, 9.17) is 0 Å². The zero-order chi connectivity index (χ0) is 8.43. The normalized spacial score (nSPS) is 9.64. The molecule has 2 heteroatoms. The molecule has 0 fully saturated rings. The van der Waals surface area contributed by atoms with Crippen molar-refractivity contribution in [1.29, 1.82) is 0 Å². The van der Waals surface area contributed by atoms with Gasteiger partial charge in [-0.3, -0.25) is 4.79 Å². The van der Waals surface area contributed by atoms with E-state index in [0.717, 1.165) is 16.8 Å². The van der Waals surface area contributed by atoms with Gasteiger partial charge in [0.25, 0.3) is 0 Å². The molecule has 1 rings (SSSR count). The minimum Gasteiger partial charge on any atom is -0.364 e. The third-order valence-corrected chi connectivity index (χ3v) is 1.71. The smallest absolute Gasteiger partial charge is 0.187 e. The number of nitrogens with one attached hydrogen (secondary N) is 1. The van der Waals surface area contributed by atoms with Crippen molar-refractivity contribution in [3.05, 3.63) is 35.7 Å². The van der Waals surface area contributed by atoms with Crippen LogP contribution in [-0.4, -0.2) is 10.8 Å². The third-order valence-electron chi connectivity index (χ3n) is 1.71. The van der Waals surface area contributed by atoms with E-state index in [1.165, 1.54) is 6.08 Å². The Balaban J connectivity index is 3.20. The van der Waals surface area contributed by atoms with Gasteiger partial charge >= 0.3 is 0 Å². The van der Waals surface area contributed by atoms with Crippen LogP contribution in [0.5, 0.6) is 0 Å². The summed E-state index contributed by atoms with van der Waals surface area (Å²) in [7, 11) is 0. The van der Waals surface area contributed by atoms with E-state index < -0.39 is 0 Å². The molecule has 58 valence electrons. The van der Waals surface area contributed by atoms with Gasteiger partial charge in [0.2, 0.25) is 0 Å². The highest BCUT2D eigenvalue weighted by Crippen LogP contribution is 2.12. The fourth-order valence-corrected chi connectivity index (χ4v) is 1.14. The molecule has 0 bridgehead atoms. The van der Waals surface area contributed by atoms with Gasteiger partial charge < -0.3 is 4.98 Å². The summed E-state index contributed by atoms with van der Waals surface area (Å²) in [6, 6.07) is 0. The van der Waals surface area contributed by atoms with Crippen molar-refractivity contribution >= 4 is 5.78 Å². The summed E-state index contributed by atoms with van der Waals surface area (Å²) in [4.78, 5) is 14.2. The number of hydrogen-bond acceptors (Lipinski definition) is 1. The minimum absolute atomic E-state index is 0.0127. The van der Waals surface area contributed by atoms with E-state index in [1.54, 1.807) is 0 Å². The molecule has 0 radical (unpaired) electrons. The summed E-state index contributed by atoms with van der Waals surface area (Å²) < 4.78 is 0. The summed E-state index contributed by atoms with van der Waals surface area (Å²) in [6.45, 7) is 7.22. The predicted molar refractivity (Wildman–Crippen MR) is 44.8 cm³/mol. The summed E-state index contributed by atoms with van der Waals surface area (Å²) in [6.07, 6.45) is 3.16. The first kappa shape index (κ1) is 7.79. The lowest BCUT2D eigenvalue weighted by Crippen LogP contribution is -1.96. The molecular formula is C9H11NO. The van der Waals surface area contributed by atoms with Crippen molar-refractivity contribution in [2.45, 2.75) is 13.8 Å². The van der Waals surface area contributed by atoms with E-state index >= 15 is 0 Å². The zero-order valence-electron chi connectivity index (χ0n) is 6.77. The molecule has 0 unspecified atom stereocenters. The Bertz CT molecular complexity index is 277. The second-order valence-corrected chi connectivity index (χ2v) is 2.54. The fourth-order valence-electron chi connectivity index (χ4n) is 1.14. The average molecular weight is 149 g/mol. The topological polar surface area (TPSA) is 32.9 Å². The first-order chi connectivity index (χ1) is 5.16. The van der Waals surface area contributed by atoms with E-state index in [9.17, 15) is 4.79 Å². The highest BCUT2D eigenvalue weighted by atomic mass is 16.1. The van der Waals surface area contributed by atoms with Crippen LogP contribution in [0.1, 0.15) is 21.6 Å². The van der Waals surface area contributed by atoms with Gasteiger partial charge in [-0.25, -0.2) is 0 Å². The number of rotatable bonds is 2. The van der Waals surface area contributed by atoms with Crippen LogP contribution in [0.25, 0.3) is 0 Å². The van der Waals surface area contributed by atoms with Crippen LogP contribution in [0.15, 0.2) is 18.9 Å². The summed E-state index contributed by atoms with van der Waals surface area (Å²) >= 11 is 0. The van der Waals surface area contributed by atoms with Gasteiger partial charge in [0, 0.05) is 17.5 Å². The van der Waals surface area contributed by atoms with Gasteiger partial charge in [0.15, 0.2) is 5.78 Å². The fraction of sp³-hybridized carbons (Fsp3) is 0.222. The van der Waals surface area contributed by atoms with Crippen LogP contribution in [0.3, 0.4) is 0 Å². The molecule has 0 atom stereocenters. The van der Waals surface area contributed by atoms with Crippen LogP contribution in [0.2, 0.25) is 0 Å². The molecule has 0 amide bonds. The van der Waals surface area contributed by atoms with Crippen molar-refractivity contribution in [1.82, 2.24) is 4.98 Å². The largest absolute Gasteiger partial charge is 0.364 e. The molecule has 11 heavy (non-hydrogen) atoms. The van der Waals surface area contributed by atoms with Crippen molar-refractivity contribution in [2.24, 2.45) is 0 Å². The van der Waals surface area contributed by atoms with Crippen molar-refractivity contribution < 1.29 is 4.79 Å². The van der Waals surface area contributed by atoms with E-state index in [-0.39, 0.29) is 5.78 Å².